The fourth-order valence-electron chi connectivity index (χ4n) is 3.12. The van der Waals surface area contributed by atoms with Crippen LogP contribution in [0.15, 0.2) is 29.3 Å². The molecule has 6 nitrogen and oxygen atoms in total. The third-order valence-electron chi connectivity index (χ3n) is 4.36. The molecule has 0 saturated carbocycles. The minimum Gasteiger partial charge on any atom is -0.496 e. The van der Waals surface area contributed by atoms with Gasteiger partial charge in [-0.25, -0.2) is 0 Å². The summed E-state index contributed by atoms with van der Waals surface area (Å²) >= 11 is 0. The number of likely N-dealkylation sites (tertiary alicyclic amines) is 1. The number of hydrogen-bond donors (Lipinski definition) is 2. The second-order valence-electron chi connectivity index (χ2n) is 5.87. The number of methoxy groups -OCH3 is 2. The Morgan fingerprint density at radius 3 is 2.62 bits per heavy atom. The molecule has 2 rings (SSSR count). The Morgan fingerprint density at radius 1 is 1.21 bits per heavy atom. The van der Waals surface area contributed by atoms with Crippen LogP contribution in [0.5, 0.6) is 5.75 Å². The van der Waals surface area contributed by atoms with Crippen LogP contribution in [0.4, 0.5) is 0 Å². The van der Waals surface area contributed by atoms with Gasteiger partial charge in [0.05, 0.1) is 19.8 Å². The zero-order chi connectivity index (χ0) is 17.2. The smallest absolute Gasteiger partial charge is 0.191 e. The highest BCUT2D eigenvalue weighted by molar-refractivity contribution is 5.79. The molecule has 134 valence electrons. The fraction of sp³-hybridized carbons (Fsp3) is 0.611. The molecule has 1 heterocycles. The first-order chi connectivity index (χ1) is 11.8. The van der Waals surface area contributed by atoms with Crippen molar-refractivity contribution >= 4 is 5.96 Å². The molecule has 1 atom stereocenters. The molecule has 0 radical (unpaired) electrons. The molecule has 1 saturated heterocycles. The Kier molecular flexibility index (Phi) is 7.85. The van der Waals surface area contributed by atoms with Crippen molar-refractivity contribution < 1.29 is 9.47 Å². The molecule has 1 aliphatic heterocycles. The molecular formula is C18H30N4O2. The van der Waals surface area contributed by atoms with Gasteiger partial charge in [0.1, 0.15) is 5.75 Å². The molecule has 1 unspecified atom stereocenters. The van der Waals surface area contributed by atoms with Crippen LogP contribution in [0.3, 0.4) is 0 Å². The molecule has 1 fully saturated rings. The fourth-order valence-corrected chi connectivity index (χ4v) is 3.12. The summed E-state index contributed by atoms with van der Waals surface area (Å²) in [5, 5.41) is 6.70. The van der Waals surface area contributed by atoms with Crippen LogP contribution in [0.2, 0.25) is 0 Å². The van der Waals surface area contributed by atoms with Crippen molar-refractivity contribution in [2.75, 3.05) is 54.1 Å². The van der Waals surface area contributed by atoms with Crippen LogP contribution in [-0.2, 0) is 4.74 Å². The van der Waals surface area contributed by atoms with Crippen molar-refractivity contribution in [2.45, 2.75) is 18.9 Å². The lowest BCUT2D eigenvalue weighted by Crippen LogP contribution is -2.43. The lowest BCUT2D eigenvalue weighted by Gasteiger charge is -2.30. The second kappa shape index (κ2) is 10.2. The predicted molar refractivity (Wildman–Crippen MR) is 97.8 cm³/mol. The largest absolute Gasteiger partial charge is 0.496 e. The Morgan fingerprint density at radius 2 is 1.96 bits per heavy atom. The van der Waals surface area contributed by atoms with Gasteiger partial charge < -0.3 is 20.1 Å². The maximum absolute atomic E-state index is 5.58. The number of nitrogens with one attached hydrogen (secondary N) is 2. The summed E-state index contributed by atoms with van der Waals surface area (Å²) in [6, 6.07) is 8.55. The molecule has 1 aromatic carbocycles. The van der Waals surface area contributed by atoms with E-state index in [9.17, 15) is 0 Å². The first-order valence-corrected chi connectivity index (χ1v) is 8.60. The van der Waals surface area contributed by atoms with E-state index in [1.165, 1.54) is 18.4 Å². The molecule has 2 N–H and O–H groups in total. The second-order valence-corrected chi connectivity index (χ2v) is 5.87. The van der Waals surface area contributed by atoms with Crippen molar-refractivity contribution in [2.24, 2.45) is 4.99 Å². The predicted octanol–water partition coefficient (Wildman–Crippen LogP) is 1.64. The van der Waals surface area contributed by atoms with E-state index in [1.807, 2.05) is 12.1 Å². The molecule has 0 bridgehead atoms. The summed E-state index contributed by atoms with van der Waals surface area (Å²) < 4.78 is 10.7. The number of hydrogen-bond acceptors (Lipinski definition) is 4. The maximum Gasteiger partial charge on any atom is 0.191 e. The highest BCUT2D eigenvalue weighted by Gasteiger charge is 2.25. The van der Waals surface area contributed by atoms with Crippen molar-refractivity contribution in [1.29, 1.82) is 0 Å². The Bertz CT molecular complexity index is 515. The van der Waals surface area contributed by atoms with E-state index in [0.717, 1.165) is 37.9 Å². The monoisotopic (exact) mass is 334 g/mol. The molecule has 1 aromatic rings. The van der Waals surface area contributed by atoms with E-state index < -0.39 is 0 Å². The van der Waals surface area contributed by atoms with E-state index in [0.29, 0.717) is 6.61 Å². The molecule has 0 spiro atoms. The van der Waals surface area contributed by atoms with Gasteiger partial charge in [0.15, 0.2) is 5.96 Å². The van der Waals surface area contributed by atoms with Crippen LogP contribution < -0.4 is 15.4 Å². The van der Waals surface area contributed by atoms with Crippen LogP contribution in [0.1, 0.15) is 24.4 Å². The zero-order valence-corrected chi connectivity index (χ0v) is 15.0. The molecule has 6 heteroatoms. The number of benzene rings is 1. The molecular weight excluding hydrogens is 304 g/mol. The summed E-state index contributed by atoms with van der Waals surface area (Å²) in [7, 11) is 5.22. The maximum atomic E-state index is 5.58. The highest BCUT2D eigenvalue weighted by atomic mass is 16.5. The summed E-state index contributed by atoms with van der Waals surface area (Å²) in [5.74, 6) is 1.74. The molecule has 1 aliphatic rings. The van der Waals surface area contributed by atoms with Crippen molar-refractivity contribution in [3.05, 3.63) is 29.8 Å². The van der Waals surface area contributed by atoms with Gasteiger partial charge in [0, 0.05) is 32.8 Å². The molecule has 0 amide bonds. The van der Waals surface area contributed by atoms with Gasteiger partial charge in [0.25, 0.3) is 0 Å². The van der Waals surface area contributed by atoms with E-state index in [2.05, 4.69) is 32.7 Å². The number of nitrogens with zero attached hydrogens (tertiary/aromatic N) is 2. The Balaban J connectivity index is 2.06. The third kappa shape index (κ3) is 5.11. The Hall–Kier alpha value is -1.79. The molecule has 0 aromatic heterocycles. The number of ether oxygens (including phenoxy) is 2. The number of guanidine groups is 1. The summed E-state index contributed by atoms with van der Waals surface area (Å²) in [6.45, 7) is 4.43. The van der Waals surface area contributed by atoms with E-state index in [1.54, 1.807) is 21.3 Å². The number of rotatable bonds is 8. The highest BCUT2D eigenvalue weighted by Crippen LogP contribution is 2.31. The Labute approximate surface area is 145 Å². The normalized spacial score (nSPS) is 16.9. The number of aliphatic imine (C=N–C) groups is 1. The first kappa shape index (κ1) is 18.5. The van der Waals surface area contributed by atoms with E-state index in [4.69, 9.17) is 9.47 Å². The minimum atomic E-state index is 0.268. The van der Waals surface area contributed by atoms with Gasteiger partial charge >= 0.3 is 0 Å². The lowest BCUT2D eigenvalue weighted by molar-refractivity contribution is 0.203. The molecule has 0 aliphatic carbocycles. The first-order valence-electron chi connectivity index (χ1n) is 8.60. The van der Waals surface area contributed by atoms with Crippen LogP contribution in [0, 0.1) is 0 Å². The van der Waals surface area contributed by atoms with E-state index in [-0.39, 0.29) is 6.04 Å². The summed E-state index contributed by atoms with van der Waals surface area (Å²) in [5.41, 5.74) is 1.22. The van der Waals surface area contributed by atoms with Crippen LogP contribution >= 0.6 is 0 Å². The van der Waals surface area contributed by atoms with Gasteiger partial charge in [-0.15, -0.1) is 0 Å². The van der Waals surface area contributed by atoms with Gasteiger partial charge in [-0.1, -0.05) is 18.2 Å². The van der Waals surface area contributed by atoms with Crippen LogP contribution in [0.25, 0.3) is 0 Å². The topological polar surface area (TPSA) is 58.1 Å². The quantitative estimate of drug-likeness (QED) is 0.430. The third-order valence-corrected chi connectivity index (χ3v) is 4.36. The van der Waals surface area contributed by atoms with Gasteiger partial charge in [0.2, 0.25) is 0 Å². The number of para-hydroxylation sites is 1. The minimum absolute atomic E-state index is 0.268. The average Bonchev–Trinajstić information content (AvgIpc) is 3.15. The van der Waals surface area contributed by atoms with Crippen molar-refractivity contribution in [3.8, 4) is 5.75 Å². The van der Waals surface area contributed by atoms with E-state index >= 15 is 0 Å². The summed E-state index contributed by atoms with van der Waals surface area (Å²) in [4.78, 5) is 6.80. The summed E-state index contributed by atoms with van der Waals surface area (Å²) in [6.07, 6.45) is 2.51. The van der Waals surface area contributed by atoms with Crippen molar-refractivity contribution in [1.82, 2.24) is 15.5 Å². The van der Waals surface area contributed by atoms with Crippen LogP contribution in [-0.4, -0.2) is 64.9 Å². The lowest BCUT2D eigenvalue weighted by atomic mass is 10.0. The van der Waals surface area contributed by atoms with Gasteiger partial charge in [-0.05, 0) is 32.0 Å². The zero-order valence-electron chi connectivity index (χ0n) is 15.0. The standard InChI is InChI=1S/C18H30N4O2/c1-19-18(20-10-13-23-2)21-14-16(22-11-6-7-12-22)15-8-4-5-9-17(15)24-3/h4-5,8-9,16H,6-7,10-14H2,1-3H3,(H2,19,20,21). The average molecular weight is 334 g/mol. The van der Waals surface area contributed by atoms with Crippen molar-refractivity contribution in [3.63, 3.8) is 0 Å². The van der Waals surface area contributed by atoms with Gasteiger partial charge in [-0.3, -0.25) is 9.89 Å². The van der Waals surface area contributed by atoms with Gasteiger partial charge in [-0.2, -0.15) is 0 Å². The SMILES string of the molecule is CN=C(NCCOC)NCC(c1ccccc1OC)N1CCCC1. The molecule has 24 heavy (non-hydrogen) atoms.